The van der Waals surface area contributed by atoms with Crippen LogP contribution in [0.5, 0.6) is 0 Å². The van der Waals surface area contributed by atoms with E-state index in [9.17, 15) is 9.59 Å². The predicted octanol–water partition coefficient (Wildman–Crippen LogP) is 4.35. The van der Waals surface area contributed by atoms with Gasteiger partial charge in [0.25, 0.3) is 5.91 Å². The van der Waals surface area contributed by atoms with Gasteiger partial charge in [0.15, 0.2) is 6.10 Å². The molecule has 1 unspecified atom stereocenters. The lowest BCUT2D eigenvalue weighted by Gasteiger charge is -2.24. The van der Waals surface area contributed by atoms with Crippen LogP contribution < -0.4 is 5.32 Å². The Morgan fingerprint density at radius 2 is 1.86 bits per heavy atom. The van der Waals surface area contributed by atoms with E-state index >= 15 is 0 Å². The molecule has 6 heteroatoms. The molecule has 2 aromatic rings. The monoisotopic (exact) mass is 387 g/mol. The van der Waals surface area contributed by atoms with Gasteiger partial charge in [0.2, 0.25) is 5.76 Å². The Kier molecular flexibility index (Phi) is 6.73. The Labute approximate surface area is 165 Å². The molecule has 1 aromatic heterocycles. The van der Waals surface area contributed by atoms with Crippen LogP contribution in [0.3, 0.4) is 0 Å². The largest absolute Gasteiger partial charge is 0.449 e. The number of esters is 1. The van der Waals surface area contributed by atoms with Gasteiger partial charge in [-0.1, -0.05) is 37.5 Å². The van der Waals surface area contributed by atoms with Crippen LogP contribution in [0.4, 0.5) is 0 Å². The minimum absolute atomic E-state index is 0.0118. The van der Waals surface area contributed by atoms with Crippen molar-refractivity contribution >= 4 is 22.8 Å². The molecule has 0 spiro atoms. The van der Waals surface area contributed by atoms with E-state index in [4.69, 9.17) is 13.9 Å². The topological polar surface area (TPSA) is 77.8 Å². The molecule has 0 aliphatic heterocycles. The summed E-state index contributed by atoms with van der Waals surface area (Å²) in [5.74, 6) is -0.819. The maximum Gasteiger partial charge on any atom is 0.375 e. The Hall–Kier alpha value is -2.34. The van der Waals surface area contributed by atoms with Crippen molar-refractivity contribution in [2.75, 3.05) is 0 Å². The van der Waals surface area contributed by atoms with E-state index < -0.39 is 12.1 Å². The van der Waals surface area contributed by atoms with Crippen molar-refractivity contribution in [2.45, 2.75) is 77.7 Å². The van der Waals surface area contributed by atoms with Gasteiger partial charge < -0.3 is 19.2 Å². The Balaban J connectivity index is 1.71. The van der Waals surface area contributed by atoms with Crippen LogP contribution in [-0.2, 0) is 20.9 Å². The van der Waals surface area contributed by atoms with E-state index in [1.54, 1.807) is 13.0 Å². The number of hydrogen-bond acceptors (Lipinski definition) is 5. The average Bonchev–Trinajstić information content (AvgIpc) is 3.05. The first-order valence-corrected chi connectivity index (χ1v) is 10.1. The van der Waals surface area contributed by atoms with Crippen LogP contribution in [0.2, 0.25) is 0 Å². The van der Waals surface area contributed by atoms with Gasteiger partial charge in [-0.15, -0.1) is 0 Å². The second-order valence-corrected chi connectivity index (χ2v) is 7.66. The molecule has 1 saturated carbocycles. The van der Waals surface area contributed by atoms with Crippen LogP contribution in [0, 0.1) is 0 Å². The molecule has 0 bridgehead atoms. The van der Waals surface area contributed by atoms with Crippen molar-refractivity contribution in [1.82, 2.24) is 5.32 Å². The third kappa shape index (κ3) is 4.93. The number of benzene rings is 1. The zero-order valence-electron chi connectivity index (χ0n) is 16.8. The number of fused-ring (bicyclic) bond motifs is 1. The zero-order chi connectivity index (χ0) is 20.1. The van der Waals surface area contributed by atoms with E-state index in [2.05, 4.69) is 5.32 Å². The molecule has 1 N–H and O–H groups in total. The highest BCUT2D eigenvalue weighted by atomic mass is 16.6. The number of carbonyl (C=O) groups excluding carboxylic acids is 2. The van der Waals surface area contributed by atoms with E-state index in [0.717, 1.165) is 31.1 Å². The Morgan fingerprint density at radius 3 is 2.57 bits per heavy atom. The summed E-state index contributed by atoms with van der Waals surface area (Å²) in [5, 5.41) is 3.80. The summed E-state index contributed by atoms with van der Waals surface area (Å²) in [5.41, 5.74) is 1.24. The van der Waals surface area contributed by atoms with Gasteiger partial charge in [-0.05, 0) is 39.7 Å². The Bertz CT molecular complexity index is 819. The molecule has 1 fully saturated rings. The summed E-state index contributed by atoms with van der Waals surface area (Å²) in [6.45, 7) is 5.68. The molecule has 1 aliphatic carbocycles. The number of rotatable bonds is 7. The van der Waals surface area contributed by atoms with Crippen LogP contribution in [0.15, 0.2) is 28.7 Å². The van der Waals surface area contributed by atoms with Crippen molar-refractivity contribution in [3.05, 3.63) is 35.6 Å². The standard InChI is InChI=1S/C22H29NO5/c1-14(2)26-13-18-17-11-7-8-12-19(17)28-20(18)22(25)27-15(3)21(24)23-16-9-5-4-6-10-16/h7-8,11-12,14-16H,4-6,9-10,13H2,1-3H3,(H,23,24). The fraction of sp³-hybridized carbons (Fsp3) is 0.545. The fourth-order valence-electron chi connectivity index (χ4n) is 3.49. The lowest BCUT2D eigenvalue weighted by molar-refractivity contribution is -0.130. The van der Waals surface area contributed by atoms with Crippen molar-refractivity contribution in [1.29, 1.82) is 0 Å². The van der Waals surface area contributed by atoms with Gasteiger partial charge in [-0.25, -0.2) is 4.79 Å². The number of nitrogens with one attached hydrogen (secondary N) is 1. The quantitative estimate of drug-likeness (QED) is 0.715. The first kappa shape index (κ1) is 20.4. The molecule has 0 radical (unpaired) electrons. The van der Waals surface area contributed by atoms with Crippen LogP contribution in [0.1, 0.15) is 69.0 Å². The minimum atomic E-state index is -0.887. The molecule has 1 aromatic carbocycles. The second-order valence-electron chi connectivity index (χ2n) is 7.66. The molecule has 1 atom stereocenters. The number of amides is 1. The molecule has 28 heavy (non-hydrogen) atoms. The third-order valence-corrected chi connectivity index (χ3v) is 5.05. The number of para-hydroxylation sites is 1. The Morgan fingerprint density at radius 1 is 1.14 bits per heavy atom. The average molecular weight is 387 g/mol. The summed E-state index contributed by atoms with van der Waals surface area (Å²) in [6, 6.07) is 7.57. The highest BCUT2D eigenvalue weighted by molar-refractivity contribution is 5.97. The van der Waals surface area contributed by atoms with Gasteiger partial charge in [0, 0.05) is 17.0 Å². The number of furan rings is 1. The summed E-state index contributed by atoms with van der Waals surface area (Å²) >= 11 is 0. The molecule has 6 nitrogen and oxygen atoms in total. The van der Waals surface area contributed by atoms with E-state index in [-0.39, 0.29) is 30.4 Å². The van der Waals surface area contributed by atoms with Gasteiger partial charge >= 0.3 is 5.97 Å². The molecule has 3 rings (SSSR count). The van der Waals surface area contributed by atoms with Crippen LogP contribution >= 0.6 is 0 Å². The van der Waals surface area contributed by atoms with Gasteiger partial charge in [0.05, 0.1) is 12.7 Å². The van der Waals surface area contributed by atoms with Gasteiger partial charge in [-0.3, -0.25) is 4.79 Å². The first-order valence-electron chi connectivity index (χ1n) is 10.1. The number of hydrogen-bond donors (Lipinski definition) is 1. The number of ether oxygens (including phenoxy) is 2. The molecular weight excluding hydrogens is 358 g/mol. The lowest BCUT2D eigenvalue weighted by Crippen LogP contribution is -2.42. The molecule has 1 amide bonds. The third-order valence-electron chi connectivity index (χ3n) is 5.05. The summed E-state index contributed by atoms with van der Waals surface area (Å²) in [7, 11) is 0. The summed E-state index contributed by atoms with van der Waals surface area (Å²) in [4.78, 5) is 25.1. The predicted molar refractivity (Wildman–Crippen MR) is 106 cm³/mol. The molecule has 1 aliphatic rings. The lowest BCUT2D eigenvalue weighted by atomic mass is 9.95. The molecule has 152 valence electrons. The second kappa shape index (κ2) is 9.24. The molecular formula is C22H29NO5. The van der Waals surface area contributed by atoms with Crippen molar-refractivity contribution in [2.24, 2.45) is 0 Å². The zero-order valence-corrected chi connectivity index (χ0v) is 16.8. The molecule has 0 saturated heterocycles. The smallest absolute Gasteiger partial charge is 0.375 e. The maximum atomic E-state index is 12.7. The maximum absolute atomic E-state index is 12.7. The van der Waals surface area contributed by atoms with Crippen LogP contribution in [-0.4, -0.2) is 30.1 Å². The van der Waals surface area contributed by atoms with Crippen molar-refractivity contribution < 1.29 is 23.5 Å². The minimum Gasteiger partial charge on any atom is -0.449 e. The number of carbonyl (C=O) groups is 2. The SMILES string of the molecule is CC(C)OCc1c(C(=O)OC(C)C(=O)NC2CCCCC2)oc2ccccc12. The van der Waals surface area contributed by atoms with Crippen LogP contribution in [0.25, 0.3) is 11.0 Å². The summed E-state index contributed by atoms with van der Waals surface area (Å²) in [6.07, 6.45) is 4.54. The van der Waals surface area contributed by atoms with E-state index in [1.165, 1.54) is 6.42 Å². The highest BCUT2D eigenvalue weighted by Gasteiger charge is 2.27. The first-order chi connectivity index (χ1) is 13.5. The molecule has 1 heterocycles. The normalized spacial score (nSPS) is 16.3. The van der Waals surface area contributed by atoms with Crippen molar-refractivity contribution in [3.8, 4) is 0 Å². The highest BCUT2D eigenvalue weighted by Crippen LogP contribution is 2.28. The fourth-order valence-corrected chi connectivity index (χ4v) is 3.49. The van der Waals surface area contributed by atoms with E-state index in [0.29, 0.717) is 11.1 Å². The van der Waals surface area contributed by atoms with Gasteiger partial charge in [0.1, 0.15) is 5.58 Å². The van der Waals surface area contributed by atoms with Gasteiger partial charge in [-0.2, -0.15) is 0 Å². The van der Waals surface area contributed by atoms with Crippen molar-refractivity contribution in [3.63, 3.8) is 0 Å². The summed E-state index contributed by atoms with van der Waals surface area (Å²) < 4.78 is 16.8. The van der Waals surface area contributed by atoms with E-state index in [1.807, 2.05) is 32.0 Å².